The van der Waals surface area contributed by atoms with Gasteiger partial charge in [0.05, 0.1) is 17.9 Å². The molecule has 0 aliphatic carbocycles. The van der Waals surface area contributed by atoms with Gasteiger partial charge in [-0.1, -0.05) is 12.1 Å². The van der Waals surface area contributed by atoms with Crippen LogP contribution in [0.5, 0.6) is 5.75 Å². The molecule has 0 radical (unpaired) electrons. The van der Waals surface area contributed by atoms with E-state index >= 15 is 0 Å². The molecule has 6 nitrogen and oxygen atoms in total. The van der Waals surface area contributed by atoms with Gasteiger partial charge in [-0.2, -0.15) is 8.78 Å². The number of furan rings is 1. The monoisotopic (exact) mass is 353 g/mol. The van der Waals surface area contributed by atoms with Gasteiger partial charge in [0.2, 0.25) is 0 Å². The standard InChI is InChI=1S/C17H17F2NO5/c1-9-8-24-13(7-14(21)22)15(9)16(23)20-10(2)11-4-3-5-12(6-11)25-17(18)19/h3-6,8,10,17H,7H2,1-2H3,(H,20,23)(H,21,22). The topological polar surface area (TPSA) is 88.8 Å². The molecule has 2 N–H and O–H groups in total. The third-order valence-corrected chi connectivity index (χ3v) is 3.52. The van der Waals surface area contributed by atoms with E-state index in [1.807, 2.05) is 0 Å². The van der Waals surface area contributed by atoms with E-state index in [9.17, 15) is 18.4 Å². The first-order valence-corrected chi connectivity index (χ1v) is 7.42. The molecule has 1 aromatic carbocycles. The average molecular weight is 353 g/mol. The van der Waals surface area contributed by atoms with Gasteiger partial charge >= 0.3 is 12.6 Å². The fourth-order valence-electron chi connectivity index (χ4n) is 2.38. The zero-order valence-corrected chi connectivity index (χ0v) is 13.6. The van der Waals surface area contributed by atoms with E-state index in [1.165, 1.54) is 24.5 Å². The highest BCUT2D eigenvalue weighted by molar-refractivity contribution is 5.97. The van der Waals surface area contributed by atoms with Gasteiger partial charge < -0.3 is 19.6 Å². The van der Waals surface area contributed by atoms with Gasteiger partial charge in [0.1, 0.15) is 17.9 Å². The quantitative estimate of drug-likeness (QED) is 0.797. The number of nitrogens with one attached hydrogen (secondary N) is 1. The van der Waals surface area contributed by atoms with Crippen molar-refractivity contribution in [1.29, 1.82) is 0 Å². The van der Waals surface area contributed by atoms with Gasteiger partial charge in [-0.15, -0.1) is 0 Å². The lowest BCUT2D eigenvalue weighted by atomic mass is 10.1. The Morgan fingerprint density at radius 1 is 1.36 bits per heavy atom. The minimum absolute atomic E-state index is 0.0142. The first-order chi connectivity index (χ1) is 11.8. The Balaban J connectivity index is 2.15. The van der Waals surface area contributed by atoms with Crippen LogP contribution in [0, 0.1) is 6.92 Å². The number of hydrogen-bond donors (Lipinski definition) is 2. The van der Waals surface area contributed by atoms with E-state index < -0.39 is 31.0 Å². The van der Waals surface area contributed by atoms with E-state index in [2.05, 4.69) is 10.1 Å². The first-order valence-electron chi connectivity index (χ1n) is 7.42. The van der Waals surface area contributed by atoms with Gasteiger partial charge in [0, 0.05) is 5.56 Å². The molecule has 1 atom stereocenters. The van der Waals surface area contributed by atoms with Crippen molar-refractivity contribution in [1.82, 2.24) is 5.32 Å². The molecule has 1 amide bonds. The van der Waals surface area contributed by atoms with Crippen molar-refractivity contribution in [3.8, 4) is 5.75 Å². The molecule has 0 spiro atoms. The van der Waals surface area contributed by atoms with Crippen LogP contribution in [0.25, 0.3) is 0 Å². The minimum atomic E-state index is -2.94. The number of amides is 1. The molecule has 0 aliphatic heterocycles. The summed E-state index contributed by atoms with van der Waals surface area (Å²) in [6, 6.07) is 5.46. The smallest absolute Gasteiger partial charge is 0.387 e. The number of carboxylic acid groups (broad SMARTS) is 1. The maximum atomic E-state index is 12.5. The third-order valence-electron chi connectivity index (χ3n) is 3.52. The van der Waals surface area contributed by atoms with Crippen molar-refractivity contribution >= 4 is 11.9 Å². The Labute approximate surface area is 142 Å². The van der Waals surface area contributed by atoms with Crippen LogP contribution in [0.1, 0.15) is 40.2 Å². The van der Waals surface area contributed by atoms with E-state index in [-0.39, 0.29) is 17.1 Å². The number of carboxylic acids is 1. The average Bonchev–Trinajstić information content (AvgIpc) is 2.86. The van der Waals surface area contributed by atoms with Crippen LogP contribution in [-0.2, 0) is 11.2 Å². The van der Waals surface area contributed by atoms with Crippen LogP contribution in [0.3, 0.4) is 0 Å². The molecule has 25 heavy (non-hydrogen) atoms. The summed E-state index contributed by atoms with van der Waals surface area (Å²) in [5.41, 5.74) is 1.23. The van der Waals surface area contributed by atoms with E-state index in [1.54, 1.807) is 19.9 Å². The Bertz CT molecular complexity index is 772. The highest BCUT2D eigenvalue weighted by atomic mass is 19.3. The van der Waals surface area contributed by atoms with Crippen LogP contribution < -0.4 is 10.1 Å². The summed E-state index contributed by atoms with van der Waals surface area (Å²) in [5, 5.41) is 11.6. The Morgan fingerprint density at radius 2 is 2.08 bits per heavy atom. The van der Waals surface area contributed by atoms with Crippen molar-refractivity contribution < 1.29 is 32.6 Å². The lowest BCUT2D eigenvalue weighted by Crippen LogP contribution is -2.28. The molecule has 8 heteroatoms. The van der Waals surface area contributed by atoms with Crippen LogP contribution >= 0.6 is 0 Å². The summed E-state index contributed by atoms with van der Waals surface area (Å²) in [6.45, 7) is 0.365. The number of alkyl halides is 2. The van der Waals surface area contributed by atoms with Gasteiger partial charge in [0.25, 0.3) is 5.91 Å². The van der Waals surface area contributed by atoms with Crippen molar-refractivity contribution in [2.24, 2.45) is 0 Å². The summed E-state index contributed by atoms with van der Waals surface area (Å²) in [7, 11) is 0. The normalized spacial score (nSPS) is 12.0. The molecule has 0 fully saturated rings. The first kappa shape index (κ1) is 18.4. The van der Waals surface area contributed by atoms with Gasteiger partial charge in [-0.3, -0.25) is 9.59 Å². The SMILES string of the molecule is Cc1coc(CC(=O)O)c1C(=O)NC(C)c1cccc(OC(F)F)c1. The fraction of sp³-hybridized carbons (Fsp3) is 0.294. The highest BCUT2D eigenvalue weighted by Crippen LogP contribution is 2.23. The van der Waals surface area contributed by atoms with Crippen molar-refractivity contribution in [2.75, 3.05) is 0 Å². The Kier molecular flexibility index (Phi) is 5.74. The summed E-state index contributed by atoms with van der Waals surface area (Å²) < 4.78 is 34.1. The molecule has 0 bridgehead atoms. The molecule has 0 saturated heterocycles. The van der Waals surface area contributed by atoms with Crippen molar-refractivity contribution in [3.05, 3.63) is 53.0 Å². The maximum absolute atomic E-state index is 12.5. The molecular formula is C17H17F2NO5. The second-order valence-corrected chi connectivity index (χ2v) is 5.43. The van der Waals surface area contributed by atoms with Gasteiger partial charge in [-0.25, -0.2) is 0 Å². The van der Waals surface area contributed by atoms with Crippen LogP contribution in [0.15, 0.2) is 34.9 Å². The molecule has 0 saturated carbocycles. The van der Waals surface area contributed by atoms with Gasteiger partial charge in [0.15, 0.2) is 0 Å². The molecule has 2 rings (SSSR count). The number of carbonyl (C=O) groups excluding carboxylic acids is 1. The number of rotatable bonds is 7. The highest BCUT2D eigenvalue weighted by Gasteiger charge is 2.22. The third kappa shape index (κ3) is 4.79. The molecule has 2 aromatic rings. The largest absolute Gasteiger partial charge is 0.481 e. The van der Waals surface area contributed by atoms with Gasteiger partial charge in [-0.05, 0) is 31.5 Å². The summed E-state index contributed by atoms with van der Waals surface area (Å²) >= 11 is 0. The molecule has 1 aromatic heterocycles. The fourth-order valence-corrected chi connectivity index (χ4v) is 2.38. The Morgan fingerprint density at radius 3 is 2.72 bits per heavy atom. The lowest BCUT2D eigenvalue weighted by Gasteiger charge is -2.16. The zero-order valence-electron chi connectivity index (χ0n) is 13.6. The predicted octanol–water partition coefficient (Wildman–Crippen LogP) is 3.31. The number of benzene rings is 1. The van der Waals surface area contributed by atoms with E-state index in [0.29, 0.717) is 11.1 Å². The molecule has 0 aliphatic rings. The number of carbonyl (C=O) groups is 2. The van der Waals surface area contributed by atoms with Crippen LogP contribution in [0.2, 0.25) is 0 Å². The summed E-state index contributed by atoms with van der Waals surface area (Å²) in [5.74, 6) is -1.58. The molecule has 134 valence electrons. The summed E-state index contributed by atoms with van der Waals surface area (Å²) in [4.78, 5) is 23.3. The van der Waals surface area contributed by atoms with E-state index in [0.717, 1.165) is 0 Å². The van der Waals surface area contributed by atoms with E-state index in [4.69, 9.17) is 9.52 Å². The number of aliphatic carboxylic acids is 1. The number of aryl methyl sites for hydroxylation is 1. The molecular weight excluding hydrogens is 336 g/mol. The minimum Gasteiger partial charge on any atom is -0.481 e. The Hall–Kier alpha value is -2.90. The number of halogens is 2. The lowest BCUT2D eigenvalue weighted by molar-refractivity contribution is -0.136. The number of hydrogen-bond acceptors (Lipinski definition) is 4. The molecule has 1 heterocycles. The summed E-state index contributed by atoms with van der Waals surface area (Å²) in [6.07, 6.45) is 0.900. The van der Waals surface area contributed by atoms with Crippen molar-refractivity contribution in [3.63, 3.8) is 0 Å². The second kappa shape index (κ2) is 7.78. The van der Waals surface area contributed by atoms with Crippen molar-refractivity contribution in [2.45, 2.75) is 32.9 Å². The maximum Gasteiger partial charge on any atom is 0.387 e. The van der Waals surface area contributed by atoms with Crippen LogP contribution in [-0.4, -0.2) is 23.6 Å². The number of ether oxygens (including phenoxy) is 1. The predicted molar refractivity (Wildman–Crippen MR) is 83.7 cm³/mol. The molecule has 1 unspecified atom stereocenters. The van der Waals surface area contributed by atoms with Crippen LogP contribution in [0.4, 0.5) is 8.78 Å². The zero-order chi connectivity index (χ0) is 18.6. The second-order valence-electron chi connectivity index (χ2n) is 5.43.